The Morgan fingerprint density at radius 3 is 2.30 bits per heavy atom. The average molecular weight is 437 g/mol. The first kappa shape index (κ1) is 20.2. The number of nitrogens with one attached hydrogen (secondary N) is 1. The fourth-order valence-corrected chi connectivity index (χ4v) is 4.44. The summed E-state index contributed by atoms with van der Waals surface area (Å²) in [6.07, 6.45) is 1.08. The van der Waals surface area contributed by atoms with E-state index < -0.39 is 0 Å². The van der Waals surface area contributed by atoms with E-state index in [1.54, 1.807) is 23.1 Å². The number of hydrogen-bond donors (Lipinski definition) is 1. The van der Waals surface area contributed by atoms with Crippen LogP contribution in [0.2, 0.25) is 10.0 Å². The SMILES string of the molecule is O=C(Cc1csc(SCc2ccc(Cl)cc2)n1)NCCc1ccc(Cl)cc1. The van der Waals surface area contributed by atoms with Crippen molar-refractivity contribution in [2.75, 3.05) is 6.54 Å². The highest BCUT2D eigenvalue weighted by Gasteiger charge is 2.08. The first-order valence-electron chi connectivity index (χ1n) is 8.41. The van der Waals surface area contributed by atoms with Crippen LogP contribution in [0.25, 0.3) is 0 Å². The molecule has 0 atom stereocenters. The zero-order valence-corrected chi connectivity index (χ0v) is 17.6. The third-order valence-corrected chi connectivity index (χ3v) is 6.44. The van der Waals surface area contributed by atoms with Gasteiger partial charge in [0.25, 0.3) is 0 Å². The van der Waals surface area contributed by atoms with Crippen molar-refractivity contribution in [2.45, 2.75) is 22.9 Å². The second kappa shape index (κ2) is 10.1. The number of aromatic nitrogens is 1. The molecule has 0 aliphatic heterocycles. The van der Waals surface area contributed by atoms with Gasteiger partial charge in [-0.05, 0) is 41.8 Å². The maximum Gasteiger partial charge on any atom is 0.226 e. The molecule has 0 fully saturated rings. The van der Waals surface area contributed by atoms with Crippen molar-refractivity contribution < 1.29 is 4.79 Å². The zero-order valence-electron chi connectivity index (χ0n) is 14.5. The van der Waals surface area contributed by atoms with Crippen LogP contribution in [0.15, 0.2) is 58.3 Å². The molecule has 3 aromatic rings. The third kappa shape index (κ3) is 6.85. The smallest absolute Gasteiger partial charge is 0.226 e. The van der Waals surface area contributed by atoms with E-state index in [-0.39, 0.29) is 5.91 Å². The van der Waals surface area contributed by atoms with Crippen LogP contribution in [0.1, 0.15) is 16.8 Å². The minimum Gasteiger partial charge on any atom is -0.355 e. The predicted molar refractivity (Wildman–Crippen MR) is 115 cm³/mol. The van der Waals surface area contributed by atoms with Crippen LogP contribution in [0.3, 0.4) is 0 Å². The number of carbonyl (C=O) groups excluding carboxylic acids is 1. The average Bonchev–Trinajstić information content (AvgIpc) is 3.10. The number of thiazole rings is 1. The van der Waals surface area contributed by atoms with Crippen molar-refractivity contribution >= 4 is 52.2 Å². The first-order chi connectivity index (χ1) is 13.1. The maximum absolute atomic E-state index is 12.1. The molecule has 27 heavy (non-hydrogen) atoms. The van der Waals surface area contributed by atoms with Gasteiger partial charge in [0.15, 0.2) is 0 Å². The minimum absolute atomic E-state index is 0.0106. The lowest BCUT2D eigenvalue weighted by molar-refractivity contribution is -0.120. The Kier molecular flexibility index (Phi) is 7.59. The van der Waals surface area contributed by atoms with Gasteiger partial charge >= 0.3 is 0 Å². The summed E-state index contributed by atoms with van der Waals surface area (Å²) in [6.45, 7) is 0.600. The summed E-state index contributed by atoms with van der Waals surface area (Å²) in [5.74, 6) is 0.820. The van der Waals surface area contributed by atoms with Crippen LogP contribution < -0.4 is 5.32 Å². The summed E-state index contributed by atoms with van der Waals surface area (Å²) < 4.78 is 0.967. The van der Waals surface area contributed by atoms with E-state index in [2.05, 4.69) is 10.3 Å². The topological polar surface area (TPSA) is 42.0 Å². The Bertz CT molecular complexity index is 880. The van der Waals surface area contributed by atoms with E-state index in [1.807, 2.05) is 53.9 Å². The van der Waals surface area contributed by atoms with Crippen molar-refractivity contribution in [3.8, 4) is 0 Å². The number of hydrogen-bond acceptors (Lipinski definition) is 4. The quantitative estimate of drug-likeness (QED) is 0.464. The summed E-state index contributed by atoms with van der Waals surface area (Å²) >= 11 is 15.0. The number of carbonyl (C=O) groups is 1. The molecule has 1 amide bonds. The summed E-state index contributed by atoms with van der Waals surface area (Å²) in [7, 11) is 0. The van der Waals surface area contributed by atoms with Gasteiger partial charge in [0, 0.05) is 27.7 Å². The van der Waals surface area contributed by atoms with E-state index >= 15 is 0 Å². The normalized spacial score (nSPS) is 10.7. The van der Waals surface area contributed by atoms with Gasteiger partial charge in [-0.2, -0.15) is 0 Å². The molecular formula is C20H18Cl2N2OS2. The van der Waals surface area contributed by atoms with E-state index in [4.69, 9.17) is 23.2 Å². The number of nitrogens with zero attached hydrogens (tertiary/aromatic N) is 1. The van der Waals surface area contributed by atoms with Gasteiger partial charge in [-0.1, -0.05) is 59.2 Å². The molecule has 1 N–H and O–H groups in total. The van der Waals surface area contributed by atoms with Crippen LogP contribution in [0.5, 0.6) is 0 Å². The van der Waals surface area contributed by atoms with Crippen LogP contribution in [0, 0.1) is 0 Å². The standard InChI is InChI=1S/C20H18Cl2N2OS2/c21-16-5-1-14(2-6-16)9-10-23-19(25)11-18-13-27-20(24-18)26-12-15-3-7-17(22)8-4-15/h1-8,13H,9-12H2,(H,23,25). The molecule has 0 unspecified atom stereocenters. The number of thioether (sulfide) groups is 1. The number of benzene rings is 2. The highest BCUT2D eigenvalue weighted by Crippen LogP contribution is 2.26. The van der Waals surface area contributed by atoms with Crippen LogP contribution in [-0.2, 0) is 23.4 Å². The largest absolute Gasteiger partial charge is 0.355 e. The Morgan fingerprint density at radius 1 is 1.00 bits per heavy atom. The molecule has 0 saturated heterocycles. The van der Waals surface area contributed by atoms with Crippen molar-refractivity contribution in [2.24, 2.45) is 0 Å². The van der Waals surface area contributed by atoms with Gasteiger partial charge in [-0.3, -0.25) is 4.79 Å². The van der Waals surface area contributed by atoms with Gasteiger partial charge < -0.3 is 5.32 Å². The third-order valence-electron chi connectivity index (χ3n) is 3.80. The van der Waals surface area contributed by atoms with Crippen molar-refractivity contribution in [1.82, 2.24) is 10.3 Å². The molecule has 1 aromatic heterocycles. The van der Waals surface area contributed by atoms with Crippen LogP contribution in [0.4, 0.5) is 0 Å². The number of rotatable bonds is 8. The van der Waals surface area contributed by atoms with Crippen LogP contribution in [-0.4, -0.2) is 17.4 Å². The van der Waals surface area contributed by atoms with Crippen molar-refractivity contribution in [3.63, 3.8) is 0 Å². The lowest BCUT2D eigenvalue weighted by Crippen LogP contribution is -2.27. The molecule has 1 heterocycles. The summed E-state index contributed by atoms with van der Waals surface area (Å²) in [6, 6.07) is 15.5. The fraction of sp³-hybridized carbons (Fsp3) is 0.200. The highest BCUT2D eigenvalue weighted by molar-refractivity contribution is 8.00. The molecule has 3 nitrogen and oxygen atoms in total. The molecule has 0 bridgehead atoms. The number of amides is 1. The second-order valence-electron chi connectivity index (χ2n) is 5.92. The van der Waals surface area contributed by atoms with E-state index in [0.717, 1.165) is 37.8 Å². The summed E-state index contributed by atoms with van der Waals surface area (Å²) in [5, 5.41) is 6.34. The Balaban J connectivity index is 1.40. The zero-order chi connectivity index (χ0) is 19.1. The lowest BCUT2D eigenvalue weighted by Gasteiger charge is -2.04. The fourth-order valence-electron chi connectivity index (χ4n) is 2.39. The lowest BCUT2D eigenvalue weighted by atomic mass is 10.1. The van der Waals surface area contributed by atoms with E-state index in [9.17, 15) is 4.79 Å². The monoisotopic (exact) mass is 436 g/mol. The highest BCUT2D eigenvalue weighted by atomic mass is 35.5. The Morgan fingerprint density at radius 2 is 1.63 bits per heavy atom. The molecule has 0 saturated carbocycles. The summed E-state index contributed by atoms with van der Waals surface area (Å²) in [4.78, 5) is 16.6. The molecule has 0 aliphatic rings. The van der Waals surface area contributed by atoms with Gasteiger partial charge in [-0.15, -0.1) is 11.3 Å². The molecule has 0 radical (unpaired) electrons. The van der Waals surface area contributed by atoms with E-state index in [0.29, 0.717) is 13.0 Å². The minimum atomic E-state index is -0.0106. The molecule has 7 heteroatoms. The maximum atomic E-state index is 12.1. The van der Waals surface area contributed by atoms with Gasteiger partial charge in [0.1, 0.15) is 4.34 Å². The molecule has 0 spiro atoms. The van der Waals surface area contributed by atoms with Crippen molar-refractivity contribution in [3.05, 3.63) is 80.8 Å². The summed E-state index contributed by atoms with van der Waals surface area (Å²) in [5.41, 5.74) is 3.15. The number of halogens is 2. The molecule has 2 aromatic carbocycles. The Hall–Kier alpha value is -1.53. The predicted octanol–water partition coefficient (Wildman–Crippen LogP) is 5.64. The van der Waals surface area contributed by atoms with Crippen molar-refractivity contribution in [1.29, 1.82) is 0 Å². The second-order valence-corrected chi connectivity index (χ2v) is 8.88. The molecule has 0 aliphatic carbocycles. The van der Waals surface area contributed by atoms with E-state index in [1.165, 1.54) is 5.56 Å². The first-order valence-corrected chi connectivity index (χ1v) is 11.0. The molecule has 3 rings (SSSR count). The van der Waals surface area contributed by atoms with Crippen LogP contribution >= 0.6 is 46.3 Å². The molecule has 140 valence electrons. The van der Waals surface area contributed by atoms with Gasteiger partial charge in [-0.25, -0.2) is 4.98 Å². The Labute approximate surface area is 177 Å². The molecular weight excluding hydrogens is 419 g/mol. The van der Waals surface area contributed by atoms with Gasteiger partial charge in [0.05, 0.1) is 12.1 Å². The van der Waals surface area contributed by atoms with Gasteiger partial charge in [0.2, 0.25) is 5.91 Å².